The summed E-state index contributed by atoms with van der Waals surface area (Å²) < 4.78 is 5.51. The van der Waals surface area contributed by atoms with Crippen molar-refractivity contribution in [1.29, 1.82) is 0 Å². The van der Waals surface area contributed by atoms with Crippen LogP contribution in [0.5, 0.6) is 5.75 Å². The number of rotatable bonds is 13. The van der Waals surface area contributed by atoms with Crippen LogP contribution in [0.25, 0.3) is 17.3 Å². The molecule has 10 heteroatoms. The Labute approximate surface area is 282 Å². The summed E-state index contributed by atoms with van der Waals surface area (Å²) in [5.41, 5.74) is 3.54. The molecule has 3 N–H and O–H groups in total. The first-order chi connectivity index (χ1) is 22.9. The Hall–Kier alpha value is -5.19. The molecule has 0 aliphatic carbocycles. The lowest BCUT2D eigenvalue weighted by Gasteiger charge is -2.15. The Morgan fingerprint density at radius 1 is 0.872 bits per heavy atom. The Kier molecular flexibility index (Phi) is 11.6. The van der Waals surface area contributed by atoms with Crippen molar-refractivity contribution in [2.24, 2.45) is 0 Å². The predicted octanol–water partition coefficient (Wildman–Crippen LogP) is 8.13. The quantitative estimate of drug-likeness (QED) is 0.0868. The molecule has 0 fully saturated rings. The number of ether oxygens (including phenoxy) is 1. The fourth-order valence-electron chi connectivity index (χ4n) is 4.53. The van der Waals surface area contributed by atoms with E-state index in [1.54, 1.807) is 36.4 Å². The van der Waals surface area contributed by atoms with E-state index in [0.29, 0.717) is 29.4 Å². The van der Waals surface area contributed by atoms with E-state index in [4.69, 9.17) is 4.74 Å². The van der Waals surface area contributed by atoms with Gasteiger partial charge in [0.05, 0.1) is 17.6 Å². The number of anilines is 2. The maximum Gasteiger partial charge on any atom is 0.272 e. The summed E-state index contributed by atoms with van der Waals surface area (Å²) in [6.45, 7) is 4.49. The number of carbonyl (C=O) groups is 3. The Morgan fingerprint density at radius 3 is 2.30 bits per heavy atom. The second-order valence-electron chi connectivity index (χ2n) is 10.3. The highest BCUT2D eigenvalue weighted by atomic mass is 32.2. The van der Waals surface area contributed by atoms with E-state index in [1.807, 2.05) is 98.1 Å². The van der Waals surface area contributed by atoms with Crippen LogP contribution in [0.3, 0.4) is 0 Å². The minimum absolute atomic E-state index is 0.0991. The number of hydrogen-bond acceptors (Lipinski definition) is 7. The molecule has 0 radical (unpaired) electrons. The first kappa shape index (κ1) is 33.2. The second kappa shape index (κ2) is 16.4. The highest BCUT2D eigenvalue weighted by Gasteiger charge is 2.20. The van der Waals surface area contributed by atoms with Gasteiger partial charge in [-0.25, -0.2) is 4.98 Å². The first-order valence-electron chi connectivity index (χ1n) is 15.1. The van der Waals surface area contributed by atoms with Crippen molar-refractivity contribution < 1.29 is 19.1 Å². The maximum atomic E-state index is 13.5. The first-order valence-corrected chi connectivity index (χ1v) is 16.9. The number of nitrogens with zero attached hydrogens (tertiary/aromatic N) is 1. The molecule has 238 valence electrons. The molecule has 1 heterocycles. The summed E-state index contributed by atoms with van der Waals surface area (Å²) in [6.07, 6.45) is 2.21. The lowest BCUT2D eigenvalue weighted by Crippen LogP contribution is -2.30. The molecule has 0 saturated carbocycles. The number of benzene rings is 4. The number of aromatic nitrogens is 1. The van der Waals surface area contributed by atoms with Gasteiger partial charge in [0, 0.05) is 27.1 Å². The largest absolute Gasteiger partial charge is 0.494 e. The lowest BCUT2D eigenvalue weighted by atomic mass is 10.1. The molecule has 47 heavy (non-hydrogen) atoms. The molecule has 1 atom stereocenters. The molecular weight excluding hydrogens is 629 g/mol. The highest BCUT2D eigenvalue weighted by molar-refractivity contribution is 8.00. The molecule has 4 aromatic carbocycles. The summed E-state index contributed by atoms with van der Waals surface area (Å²) in [4.78, 5) is 45.1. The maximum absolute atomic E-state index is 13.5. The van der Waals surface area contributed by atoms with Gasteiger partial charge in [-0.2, -0.15) is 0 Å². The molecule has 8 nitrogen and oxygen atoms in total. The van der Waals surface area contributed by atoms with E-state index >= 15 is 0 Å². The van der Waals surface area contributed by atoms with Crippen molar-refractivity contribution >= 4 is 57.7 Å². The topological polar surface area (TPSA) is 109 Å². The number of hydrogen-bond donors (Lipinski definition) is 3. The number of thioether (sulfide) groups is 1. The SMILES string of the molecule is CCOc1ccc(-c2csc(NC(=O)C(CC)Sc3cccc(NC(=O)/C(=C/c4ccccc4)NC(=O)c4ccccc4)c3)n2)cc1. The lowest BCUT2D eigenvalue weighted by molar-refractivity contribution is -0.116. The molecule has 0 saturated heterocycles. The van der Waals surface area contributed by atoms with Crippen LogP contribution in [0.1, 0.15) is 36.2 Å². The predicted molar refractivity (Wildman–Crippen MR) is 191 cm³/mol. The second-order valence-corrected chi connectivity index (χ2v) is 12.4. The Morgan fingerprint density at radius 2 is 1.60 bits per heavy atom. The summed E-state index contributed by atoms with van der Waals surface area (Å²) in [5, 5.41) is 10.7. The number of amides is 3. The van der Waals surface area contributed by atoms with Crippen LogP contribution >= 0.6 is 23.1 Å². The van der Waals surface area contributed by atoms with Crippen LogP contribution in [-0.2, 0) is 9.59 Å². The fraction of sp³-hybridized carbons (Fsp3) is 0.135. The van der Waals surface area contributed by atoms with Crippen molar-refractivity contribution in [3.8, 4) is 17.0 Å². The van der Waals surface area contributed by atoms with Gasteiger partial charge in [0.25, 0.3) is 11.8 Å². The van der Waals surface area contributed by atoms with E-state index < -0.39 is 17.1 Å². The molecule has 0 aliphatic heterocycles. The minimum atomic E-state index is -0.475. The molecule has 1 aromatic heterocycles. The molecule has 5 aromatic rings. The van der Waals surface area contributed by atoms with Gasteiger partial charge in [-0.15, -0.1) is 23.1 Å². The standard InChI is InChI=1S/C37H34N4O4S2/c1-3-33(36(44)41-37-40-32(24-46-37)26-18-20-29(21-19-26)45-4-2)47-30-17-11-16-28(23-30)38-35(43)31(22-25-12-7-5-8-13-25)39-34(42)27-14-9-6-10-15-27/h5-24,33H,3-4H2,1-2H3,(H,38,43)(H,39,42)(H,40,41,44)/b31-22-. The molecule has 0 aliphatic rings. The molecule has 1 unspecified atom stereocenters. The molecule has 3 amide bonds. The average Bonchev–Trinajstić information content (AvgIpc) is 3.56. The van der Waals surface area contributed by atoms with E-state index in [0.717, 1.165) is 27.5 Å². The van der Waals surface area contributed by atoms with Crippen molar-refractivity contribution in [2.45, 2.75) is 30.4 Å². The smallest absolute Gasteiger partial charge is 0.272 e. The average molecular weight is 663 g/mol. The van der Waals surface area contributed by atoms with Gasteiger partial charge in [0.2, 0.25) is 5.91 Å². The van der Waals surface area contributed by atoms with Crippen molar-refractivity contribution in [3.63, 3.8) is 0 Å². The van der Waals surface area contributed by atoms with Crippen LogP contribution in [-0.4, -0.2) is 34.6 Å². The third kappa shape index (κ3) is 9.41. The van der Waals surface area contributed by atoms with Crippen LogP contribution < -0.4 is 20.7 Å². The zero-order chi connectivity index (χ0) is 33.0. The molecule has 5 rings (SSSR count). The van der Waals surface area contributed by atoms with Crippen LogP contribution in [0.15, 0.2) is 125 Å². The van der Waals surface area contributed by atoms with Gasteiger partial charge in [-0.3, -0.25) is 14.4 Å². The fourth-order valence-corrected chi connectivity index (χ4v) is 6.26. The third-order valence-corrected chi connectivity index (χ3v) is 8.98. The van der Waals surface area contributed by atoms with E-state index in [-0.39, 0.29) is 11.6 Å². The number of nitrogens with one attached hydrogen (secondary N) is 3. The zero-order valence-electron chi connectivity index (χ0n) is 25.9. The van der Waals surface area contributed by atoms with Gasteiger partial charge >= 0.3 is 0 Å². The molecule has 0 spiro atoms. The summed E-state index contributed by atoms with van der Waals surface area (Å²) in [5.74, 6) is -0.227. The van der Waals surface area contributed by atoms with Gasteiger partial charge in [0.1, 0.15) is 11.4 Å². The van der Waals surface area contributed by atoms with Crippen molar-refractivity contribution in [3.05, 3.63) is 131 Å². The van der Waals surface area contributed by atoms with Crippen LogP contribution in [0.2, 0.25) is 0 Å². The third-order valence-electron chi connectivity index (χ3n) is 6.87. The molecule has 0 bridgehead atoms. The summed E-state index contributed by atoms with van der Waals surface area (Å²) >= 11 is 2.77. The summed E-state index contributed by atoms with van der Waals surface area (Å²) in [7, 11) is 0. The number of carbonyl (C=O) groups excluding carboxylic acids is 3. The van der Waals surface area contributed by atoms with Gasteiger partial charge in [-0.05, 0) is 79.6 Å². The monoisotopic (exact) mass is 662 g/mol. The van der Waals surface area contributed by atoms with Gasteiger partial charge < -0.3 is 20.7 Å². The Bertz CT molecular complexity index is 1840. The number of thiazole rings is 1. The minimum Gasteiger partial charge on any atom is -0.494 e. The van der Waals surface area contributed by atoms with E-state index in [1.165, 1.54) is 23.1 Å². The Balaban J connectivity index is 1.24. The molecular formula is C37H34N4O4S2. The normalized spacial score (nSPS) is 11.7. The van der Waals surface area contributed by atoms with Gasteiger partial charge in [0.15, 0.2) is 5.13 Å². The summed E-state index contributed by atoms with van der Waals surface area (Å²) in [6, 6.07) is 33.0. The van der Waals surface area contributed by atoms with Crippen LogP contribution in [0.4, 0.5) is 10.8 Å². The van der Waals surface area contributed by atoms with E-state index in [2.05, 4.69) is 20.9 Å². The van der Waals surface area contributed by atoms with E-state index in [9.17, 15) is 14.4 Å². The van der Waals surface area contributed by atoms with Crippen molar-refractivity contribution in [1.82, 2.24) is 10.3 Å². The highest BCUT2D eigenvalue weighted by Crippen LogP contribution is 2.31. The van der Waals surface area contributed by atoms with Gasteiger partial charge in [-0.1, -0.05) is 61.5 Å². The zero-order valence-corrected chi connectivity index (χ0v) is 27.6. The van der Waals surface area contributed by atoms with Crippen molar-refractivity contribution in [2.75, 3.05) is 17.2 Å². The van der Waals surface area contributed by atoms with Crippen LogP contribution in [0, 0.1) is 0 Å².